The second kappa shape index (κ2) is 21.0. The molecule has 0 saturated heterocycles. The molecule has 8 rings (SSSR count). The summed E-state index contributed by atoms with van der Waals surface area (Å²) in [6.07, 6.45) is 11.4. The number of nitrogens with zero attached hydrogens (tertiary/aromatic N) is 2. The van der Waals surface area contributed by atoms with Gasteiger partial charge >= 0.3 is 11.9 Å². The van der Waals surface area contributed by atoms with Crippen molar-refractivity contribution in [3.05, 3.63) is 186 Å². The minimum absolute atomic E-state index is 0.0245. The highest BCUT2D eigenvalue weighted by Crippen LogP contribution is 2.45. The van der Waals surface area contributed by atoms with Gasteiger partial charge in [-0.15, -0.1) is 0 Å². The van der Waals surface area contributed by atoms with Gasteiger partial charge in [0, 0.05) is 68.1 Å². The number of esters is 1. The molecule has 0 fully saturated rings. The summed E-state index contributed by atoms with van der Waals surface area (Å²) in [6.45, 7) is 1.99. The van der Waals surface area contributed by atoms with Gasteiger partial charge in [-0.05, 0) is 152 Å². The maximum Gasteiger partial charge on any atom is 0.339 e. The van der Waals surface area contributed by atoms with Gasteiger partial charge in [-0.2, -0.15) is 0 Å². The van der Waals surface area contributed by atoms with E-state index in [1.165, 1.54) is 36.7 Å². The fourth-order valence-electron chi connectivity index (χ4n) is 7.69. The van der Waals surface area contributed by atoms with Crippen molar-refractivity contribution >= 4 is 66.1 Å². The number of ether oxygens (including phenoxy) is 3. The summed E-state index contributed by atoms with van der Waals surface area (Å²) in [5, 5.41) is 9.30. The zero-order valence-electron chi connectivity index (χ0n) is 34.4. The summed E-state index contributed by atoms with van der Waals surface area (Å²) >= 11 is 7.03. The molecule has 2 aromatic heterocycles. The molecule has 0 spiro atoms. The minimum Gasteiger partial charge on any atom is -0.488 e. The number of rotatable bonds is 13. The fraction of sp³-hybridized carbons (Fsp3) is 0.200. The maximum atomic E-state index is 14.1. The number of pyridine rings is 2. The number of hydrogen-bond donors (Lipinski definition) is 1. The third kappa shape index (κ3) is 11.1. The van der Waals surface area contributed by atoms with E-state index in [0.717, 1.165) is 104 Å². The second-order valence-electron chi connectivity index (χ2n) is 14.9. The number of aromatic carboxylic acids is 1. The molecule has 14 heteroatoms. The number of carbonyl (C=O) groups is 2. The van der Waals surface area contributed by atoms with Crippen molar-refractivity contribution < 1.29 is 46.5 Å². The zero-order valence-corrected chi connectivity index (χ0v) is 37.6. The van der Waals surface area contributed by atoms with E-state index in [0.29, 0.717) is 23.7 Å². The Hall–Kier alpha value is -6.12. The molecule has 2 aliphatic rings. The Morgan fingerprint density at radius 2 is 1.05 bits per heavy atom. The molecule has 0 aliphatic heterocycles. The zero-order chi connectivity index (χ0) is 45.3. The van der Waals surface area contributed by atoms with E-state index in [9.17, 15) is 32.3 Å². The fourth-order valence-corrected chi connectivity index (χ4v) is 8.41. The molecule has 2 aliphatic carbocycles. The Morgan fingerprint density at radius 1 is 0.594 bits per heavy atom. The summed E-state index contributed by atoms with van der Waals surface area (Å²) in [5.74, 6) is -2.81. The van der Waals surface area contributed by atoms with Crippen molar-refractivity contribution in [2.24, 2.45) is 0 Å². The normalized spacial score (nSPS) is 13.4. The Balaban J connectivity index is 0.000000192. The van der Waals surface area contributed by atoms with E-state index in [2.05, 4.69) is 41.8 Å². The van der Waals surface area contributed by atoms with Crippen LogP contribution in [0.5, 0.6) is 11.5 Å². The highest BCUT2D eigenvalue weighted by molar-refractivity contribution is 9.10. The Bertz CT molecular complexity index is 2800. The molecular weight excluding hydrogens is 960 g/mol. The standard InChI is InChI=1S/C26H22BrF2NO3.C24H18BrF2NO3/c1-2-32-26(31)18-10-17(13-30-14-18)21-4-3-5-22(21)23-11-19(27)7-9-25(23)33-15-16-6-8-20(28)12-24(16)29;25-17-5-7-23(31-13-14-4-6-18(26)10-22(14)27)21(9-17)20-3-1-2-19(20)15-8-16(24(29)30)12-28-11-15/h6-14H,2-5,15H2,1H3;4-12H,1-3,13H2,(H,29,30). The molecule has 0 bridgehead atoms. The van der Waals surface area contributed by atoms with Crippen molar-refractivity contribution in [3.8, 4) is 11.5 Å². The van der Waals surface area contributed by atoms with Crippen LogP contribution in [0.25, 0.3) is 22.3 Å². The summed E-state index contributed by atoms with van der Waals surface area (Å²) < 4.78 is 73.3. The van der Waals surface area contributed by atoms with Crippen LogP contribution in [0.2, 0.25) is 0 Å². The lowest BCUT2D eigenvalue weighted by Gasteiger charge is -2.16. The van der Waals surface area contributed by atoms with E-state index in [1.54, 1.807) is 37.5 Å². The van der Waals surface area contributed by atoms with Crippen LogP contribution < -0.4 is 9.47 Å². The van der Waals surface area contributed by atoms with Crippen molar-refractivity contribution in [1.29, 1.82) is 0 Å². The van der Waals surface area contributed by atoms with Crippen LogP contribution in [-0.4, -0.2) is 33.6 Å². The van der Waals surface area contributed by atoms with Gasteiger partial charge in [-0.1, -0.05) is 31.9 Å². The van der Waals surface area contributed by atoms with Gasteiger partial charge in [-0.3, -0.25) is 9.97 Å². The van der Waals surface area contributed by atoms with E-state index in [-0.39, 0.29) is 29.9 Å². The van der Waals surface area contributed by atoms with Crippen LogP contribution >= 0.6 is 31.9 Å². The number of allylic oxidation sites excluding steroid dienone is 4. The molecule has 0 unspecified atom stereocenters. The number of aromatic nitrogens is 2. The Morgan fingerprint density at radius 3 is 1.50 bits per heavy atom. The highest BCUT2D eigenvalue weighted by Gasteiger charge is 2.24. The molecule has 0 radical (unpaired) electrons. The third-order valence-electron chi connectivity index (χ3n) is 10.7. The van der Waals surface area contributed by atoms with E-state index >= 15 is 0 Å². The Kier molecular flexibility index (Phi) is 15.1. The van der Waals surface area contributed by atoms with Crippen molar-refractivity contribution in [2.45, 2.75) is 58.7 Å². The molecule has 64 heavy (non-hydrogen) atoms. The van der Waals surface area contributed by atoms with Crippen LogP contribution in [0, 0.1) is 23.3 Å². The summed E-state index contributed by atoms with van der Waals surface area (Å²) in [5.41, 5.74) is 8.69. The quantitative estimate of drug-likeness (QED) is 0.0900. The molecule has 2 heterocycles. The summed E-state index contributed by atoms with van der Waals surface area (Å²) in [4.78, 5) is 31.9. The Labute approximate surface area is 383 Å². The number of benzene rings is 4. The van der Waals surface area contributed by atoms with Gasteiger partial charge in [0.1, 0.15) is 48.0 Å². The SMILES string of the molecule is CCOC(=O)c1cncc(C2=C(c3cc(Br)ccc3OCc3ccc(F)cc3F)CCC2)c1.O=C(O)c1cncc(C2=C(c3cc(Br)ccc3OCc3ccc(F)cc3F)CCC2)c1. The second-order valence-corrected chi connectivity index (χ2v) is 16.7. The van der Waals surface area contributed by atoms with Gasteiger partial charge in [0.25, 0.3) is 0 Å². The van der Waals surface area contributed by atoms with Crippen LogP contribution in [0.15, 0.2) is 119 Å². The first-order valence-corrected chi connectivity index (χ1v) is 22.0. The number of carboxylic acids is 1. The first-order chi connectivity index (χ1) is 30.9. The molecule has 1 N–H and O–H groups in total. The molecule has 328 valence electrons. The first kappa shape index (κ1) is 45.9. The number of carboxylic acid groups (broad SMARTS) is 1. The van der Waals surface area contributed by atoms with Crippen molar-refractivity contribution in [1.82, 2.24) is 9.97 Å². The lowest BCUT2D eigenvalue weighted by Crippen LogP contribution is -2.05. The van der Waals surface area contributed by atoms with Crippen LogP contribution in [0.3, 0.4) is 0 Å². The number of hydrogen-bond acceptors (Lipinski definition) is 7. The molecular formula is C50H40Br2F4N2O6. The highest BCUT2D eigenvalue weighted by atomic mass is 79.9. The first-order valence-electron chi connectivity index (χ1n) is 20.4. The van der Waals surface area contributed by atoms with E-state index in [4.69, 9.17) is 14.2 Å². The predicted octanol–water partition coefficient (Wildman–Crippen LogP) is 13.5. The molecule has 0 atom stereocenters. The molecule has 0 amide bonds. The van der Waals surface area contributed by atoms with Gasteiger partial charge in [0.2, 0.25) is 0 Å². The summed E-state index contributed by atoms with van der Waals surface area (Å²) in [7, 11) is 0. The average molecular weight is 1000 g/mol. The van der Waals surface area contributed by atoms with Gasteiger partial charge in [0.05, 0.1) is 17.7 Å². The predicted molar refractivity (Wildman–Crippen MR) is 242 cm³/mol. The minimum atomic E-state index is -1.03. The van der Waals surface area contributed by atoms with E-state index < -0.39 is 35.2 Å². The van der Waals surface area contributed by atoms with E-state index in [1.807, 2.05) is 30.3 Å². The number of carbonyl (C=O) groups excluding carboxylic acids is 1. The lowest BCUT2D eigenvalue weighted by molar-refractivity contribution is 0.0525. The van der Waals surface area contributed by atoms with Crippen LogP contribution in [0.4, 0.5) is 17.6 Å². The summed E-state index contributed by atoms with van der Waals surface area (Å²) in [6, 6.07) is 21.5. The molecule has 8 nitrogen and oxygen atoms in total. The van der Waals surface area contributed by atoms with Crippen LogP contribution in [-0.2, 0) is 18.0 Å². The topological polar surface area (TPSA) is 108 Å². The third-order valence-corrected chi connectivity index (χ3v) is 11.7. The van der Waals surface area contributed by atoms with Crippen molar-refractivity contribution in [2.75, 3.05) is 6.61 Å². The van der Waals surface area contributed by atoms with Crippen molar-refractivity contribution in [3.63, 3.8) is 0 Å². The largest absolute Gasteiger partial charge is 0.488 e. The number of halogens is 6. The monoisotopic (exact) mass is 998 g/mol. The lowest BCUT2D eigenvalue weighted by atomic mass is 9.96. The molecule has 0 saturated carbocycles. The van der Waals surface area contributed by atoms with Gasteiger partial charge in [-0.25, -0.2) is 27.2 Å². The van der Waals surface area contributed by atoms with Gasteiger partial charge in [0.15, 0.2) is 0 Å². The molecule has 4 aromatic carbocycles. The molecule has 6 aromatic rings. The van der Waals surface area contributed by atoms with Gasteiger partial charge < -0.3 is 19.3 Å². The average Bonchev–Trinajstić information content (AvgIpc) is 3.98. The maximum absolute atomic E-state index is 14.1. The smallest absolute Gasteiger partial charge is 0.339 e. The van der Waals surface area contributed by atoms with Crippen LogP contribution in [0.1, 0.15) is 99.5 Å².